The number of ether oxygens (including phenoxy) is 1. The van der Waals surface area contributed by atoms with E-state index in [-0.39, 0.29) is 30.5 Å². The Morgan fingerprint density at radius 2 is 1.84 bits per heavy atom. The Balaban J connectivity index is 1.58. The van der Waals surface area contributed by atoms with Gasteiger partial charge in [0.15, 0.2) is 0 Å². The molecule has 136 valence electrons. The molecule has 3 rings (SSSR count). The van der Waals surface area contributed by atoms with Crippen LogP contribution in [0.4, 0.5) is 4.79 Å². The molecule has 5 nitrogen and oxygen atoms in total. The predicted molar refractivity (Wildman–Crippen MR) is 96.4 cm³/mol. The molecule has 0 aliphatic heterocycles. The lowest BCUT2D eigenvalue weighted by Crippen LogP contribution is -2.56. The Morgan fingerprint density at radius 3 is 2.52 bits per heavy atom. The second-order valence-corrected chi connectivity index (χ2v) is 7.10. The zero-order valence-corrected chi connectivity index (χ0v) is 15.1. The normalized spacial score (nSPS) is 22.9. The molecule has 6 heteroatoms. The molecule has 2 saturated carbocycles. The number of nitrogens with zero attached hydrogens (tertiary/aromatic N) is 1. The standard InChI is InChI=1S/C19H25ClN2O3/c20-12-18(23)22(15-10-11-15)17-9-5-4-8-16(17)21-19(24)25-13-14-6-2-1-3-7-14/h1-3,6-7,15-17H,4-5,8-13H2,(H,21,24)/t16-,17-/m1/s1. The van der Waals surface area contributed by atoms with Crippen LogP contribution in [0.2, 0.25) is 0 Å². The Bertz CT molecular complexity index is 592. The van der Waals surface area contributed by atoms with E-state index in [9.17, 15) is 9.59 Å². The summed E-state index contributed by atoms with van der Waals surface area (Å²) in [6.45, 7) is 0.247. The van der Waals surface area contributed by atoms with Crippen LogP contribution in [-0.4, -0.2) is 40.9 Å². The van der Waals surface area contributed by atoms with Crippen molar-refractivity contribution in [2.45, 2.75) is 63.3 Å². The molecule has 1 N–H and O–H groups in total. The number of nitrogens with one attached hydrogen (secondary N) is 1. The van der Waals surface area contributed by atoms with Crippen molar-refractivity contribution < 1.29 is 14.3 Å². The summed E-state index contributed by atoms with van der Waals surface area (Å²) < 4.78 is 5.34. The van der Waals surface area contributed by atoms with E-state index >= 15 is 0 Å². The minimum absolute atomic E-state index is 0.00181. The van der Waals surface area contributed by atoms with Crippen LogP contribution in [0.25, 0.3) is 0 Å². The molecule has 1 aromatic rings. The van der Waals surface area contributed by atoms with Crippen LogP contribution in [0.15, 0.2) is 30.3 Å². The molecule has 0 saturated heterocycles. The third-order valence-corrected chi connectivity index (χ3v) is 5.17. The highest BCUT2D eigenvalue weighted by Crippen LogP contribution is 2.34. The van der Waals surface area contributed by atoms with Gasteiger partial charge >= 0.3 is 6.09 Å². The van der Waals surface area contributed by atoms with Crippen LogP contribution in [0, 0.1) is 0 Å². The number of alkyl carbamates (subject to hydrolysis) is 1. The Kier molecular flexibility index (Phi) is 6.19. The first kappa shape index (κ1) is 18.1. The van der Waals surface area contributed by atoms with Gasteiger partial charge in [-0.25, -0.2) is 4.79 Å². The summed E-state index contributed by atoms with van der Waals surface area (Å²) in [6.07, 6.45) is 5.53. The van der Waals surface area contributed by atoms with Crippen LogP contribution in [0.1, 0.15) is 44.1 Å². The lowest BCUT2D eigenvalue weighted by Gasteiger charge is -2.40. The van der Waals surface area contributed by atoms with Gasteiger partial charge in [-0.2, -0.15) is 0 Å². The van der Waals surface area contributed by atoms with Gasteiger partial charge in [0.1, 0.15) is 12.5 Å². The Labute approximate surface area is 153 Å². The van der Waals surface area contributed by atoms with Gasteiger partial charge < -0.3 is 15.0 Å². The molecule has 0 aromatic heterocycles. The quantitative estimate of drug-likeness (QED) is 0.786. The molecule has 0 radical (unpaired) electrons. The number of rotatable bonds is 6. The Hall–Kier alpha value is -1.75. The maximum Gasteiger partial charge on any atom is 0.407 e. The number of benzene rings is 1. The second-order valence-electron chi connectivity index (χ2n) is 6.83. The zero-order valence-electron chi connectivity index (χ0n) is 14.3. The predicted octanol–water partition coefficient (Wildman–Crippen LogP) is 3.45. The second kappa shape index (κ2) is 8.56. The van der Waals surface area contributed by atoms with E-state index in [1.54, 1.807) is 0 Å². The van der Waals surface area contributed by atoms with E-state index in [1.807, 2.05) is 35.2 Å². The summed E-state index contributed by atoms with van der Waals surface area (Å²) >= 11 is 5.81. The molecule has 2 fully saturated rings. The highest BCUT2D eigenvalue weighted by Gasteiger charge is 2.41. The van der Waals surface area contributed by atoms with Crippen LogP contribution in [0.3, 0.4) is 0 Å². The highest BCUT2D eigenvalue weighted by molar-refractivity contribution is 6.27. The number of hydrogen-bond acceptors (Lipinski definition) is 3. The average molecular weight is 365 g/mol. The van der Waals surface area contributed by atoms with Crippen molar-refractivity contribution in [1.29, 1.82) is 0 Å². The van der Waals surface area contributed by atoms with E-state index in [4.69, 9.17) is 16.3 Å². The first-order valence-electron chi connectivity index (χ1n) is 9.03. The van der Waals surface area contributed by atoms with Gasteiger partial charge in [-0.05, 0) is 31.2 Å². The lowest BCUT2D eigenvalue weighted by atomic mass is 9.89. The minimum atomic E-state index is -0.421. The molecule has 2 aliphatic rings. The first-order chi connectivity index (χ1) is 12.2. The number of amides is 2. The van der Waals surface area contributed by atoms with Crippen molar-refractivity contribution >= 4 is 23.6 Å². The number of carbonyl (C=O) groups is 2. The maximum atomic E-state index is 12.3. The smallest absolute Gasteiger partial charge is 0.407 e. The van der Waals surface area contributed by atoms with Crippen molar-refractivity contribution in [3.8, 4) is 0 Å². The van der Waals surface area contributed by atoms with Crippen LogP contribution >= 0.6 is 11.6 Å². The third-order valence-electron chi connectivity index (χ3n) is 4.95. The van der Waals surface area contributed by atoms with E-state index in [1.165, 1.54) is 0 Å². The summed E-state index contributed by atoms with van der Waals surface area (Å²) in [7, 11) is 0. The summed E-state index contributed by atoms with van der Waals surface area (Å²) in [5, 5.41) is 2.98. The largest absolute Gasteiger partial charge is 0.445 e. The van der Waals surface area contributed by atoms with Gasteiger partial charge in [-0.15, -0.1) is 11.6 Å². The van der Waals surface area contributed by atoms with Gasteiger partial charge in [0.05, 0.1) is 12.1 Å². The lowest BCUT2D eigenvalue weighted by molar-refractivity contribution is -0.132. The summed E-state index contributed by atoms with van der Waals surface area (Å²) in [5.74, 6) is -0.0291. The molecule has 2 atom stereocenters. The van der Waals surface area contributed by atoms with Crippen molar-refractivity contribution in [3.63, 3.8) is 0 Å². The molecule has 2 aliphatic carbocycles. The molecule has 1 aromatic carbocycles. The van der Waals surface area contributed by atoms with Gasteiger partial charge in [-0.1, -0.05) is 43.2 Å². The van der Waals surface area contributed by atoms with Crippen LogP contribution < -0.4 is 5.32 Å². The van der Waals surface area contributed by atoms with Crippen molar-refractivity contribution in [1.82, 2.24) is 10.2 Å². The summed E-state index contributed by atoms with van der Waals surface area (Å²) in [4.78, 5) is 26.4. The van der Waals surface area contributed by atoms with Crippen molar-refractivity contribution in [2.24, 2.45) is 0 Å². The average Bonchev–Trinajstić information content (AvgIpc) is 3.47. The fourth-order valence-corrected chi connectivity index (χ4v) is 3.75. The molecule has 25 heavy (non-hydrogen) atoms. The number of halogens is 1. The molecule has 2 amide bonds. The highest BCUT2D eigenvalue weighted by atomic mass is 35.5. The SMILES string of the molecule is O=C(N[C@@H]1CCCC[C@H]1N(C(=O)CCl)C1CC1)OCc1ccccc1. The van der Waals surface area contributed by atoms with Crippen LogP contribution in [0.5, 0.6) is 0 Å². The minimum Gasteiger partial charge on any atom is -0.445 e. The van der Waals surface area contributed by atoms with E-state index in [0.717, 1.165) is 44.1 Å². The van der Waals surface area contributed by atoms with Crippen molar-refractivity contribution in [3.05, 3.63) is 35.9 Å². The maximum absolute atomic E-state index is 12.3. The zero-order chi connectivity index (χ0) is 17.6. The monoisotopic (exact) mass is 364 g/mol. The molecular weight excluding hydrogens is 340 g/mol. The number of alkyl halides is 1. The van der Waals surface area contributed by atoms with Gasteiger partial charge in [0.25, 0.3) is 0 Å². The van der Waals surface area contributed by atoms with Gasteiger partial charge in [0.2, 0.25) is 5.91 Å². The third kappa shape index (κ3) is 4.88. The number of hydrogen-bond donors (Lipinski definition) is 1. The molecule has 0 heterocycles. The Morgan fingerprint density at radius 1 is 1.12 bits per heavy atom. The van der Waals surface area contributed by atoms with E-state index in [2.05, 4.69) is 5.32 Å². The summed E-state index contributed by atoms with van der Waals surface area (Å²) in [5.41, 5.74) is 0.953. The fraction of sp³-hybridized carbons (Fsp3) is 0.579. The molecular formula is C19H25ClN2O3. The van der Waals surface area contributed by atoms with Crippen molar-refractivity contribution in [2.75, 3.05) is 5.88 Å². The van der Waals surface area contributed by atoms with Gasteiger partial charge in [-0.3, -0.25) is 4.79 Å². The van der Waals surface area contributed by atoms with E-state index < -0.39 is 6.09 Å². The topological polar surface area (TPSA) is 58.6 Å². The van der Waals surface area contributed by atoms with E-state index in [0.29, 0.717) is 6.04 Å². The van der Waals surface area contributed by atoms with Crippen LogP contribution in [-0.2, 0) is 16.1 Å². The molecule has 0 bridgehead atoms. The van der Waals surface area contributed by atoms with Gasteiger partial charge in [0, 0.05) is 6.04 Å². The fourth-order valence-electron chi connectivity index (χ4n) is 3.61. The first-order valence-corrected chi connectivity index (χ1v) is 9.57. The molecule has 0 spiro atoms. The number of carbonyl (C=O) groups excluding carboxylic acids is 2. The summed E-state index contributed by atoms with van der Waals surface area (Å²) in [6, 6.07) is 9.85. The molecule has 0 unspecified atom stereocenters.